The van der Waals surface area contributed by atoms with E-state index >= 15 is 0 Å². The summed E-state index contributed by atoms with van der Waals surface area (Å²) in [4.78, 5) is 11.6. The molecule has 0 unspecified atom stereocenters. The van der Waals surface area contributed by atoms with Crippen LogP contribution in [0.25, 0.3) is 11.1 Å². The number of hydrogen-bond donors (Lipinski definition) is 1. The Bertz CT molecular complexity index is 1030. The smallest absolute Gasteiger partial charge is 0.222 e. The maximum atomic E-state index is 6.19. The van der Waals surface area contributed by atoms with Gasteiger partial charge in [-0.3, -0.25) is 4.90 Å². The third-order valence-corrected chi connectivity index (χ3v) is 6.60. The number of ether oxygens (including phenoxy) is 2. The molecule has 1 saturated heterocycles. The van der Waals surface area contributed by atoms with E-state index in [9.17, 15) is 0 Å². The van der Waals surface area contributed by atoms with Gasteiger partial charge >= 0.3 is 0 Å². The summed E-state index contributed by atoms with van der Waals surface area (Å²) in [5, 5.41) is 3.52. The number of likely N-dealkylation sites (tertiary alicyclic amines) is 1. The summed E-state index contributed by atoms with van der Waals surface area (Å²) in [6.45, 7) is 9.96. The fourth-order valence-electron chi connectivity index (χ4n) is 4.51. The van der Waals surface area contributed by atoms with Gasteiger partial charge in [0, 0.05) is 43.6 Å². The molecule has 2 heterocycles. The van der Waals surface area contributed by atoms with Crippen LogP contribution in [0.2, 0.25) is 0 Å². The molecule has 1 N–H and O–H groups in total. The lowest BCUT2D eigenvalue weighted by molar-refractivity contribution is 0.181. The molecule has 0 aliphatic carbocycles. The summed E-state index contributed by atoms with van der Waals surface area (Å²) in [6, 6.07) is 17.0. The number of aromatic nitrogens is 2. The predicted octanol–water partition coefficient (Wildman–Crippen LogP) is 6.19. The molecule has 0 spiro atoms. The van der Waals surface area contributed by atoms with Crippen molar-refractivity contribution in [3.63, 3.8) is 0 Å². The largest absolute Gasteiger partial charge is 0.490 e. The molecule has 1 aliphatic rings. The molecule has 2 aromatic carbocycles. The maximum Gasteiger partial charge on any atom is 0.222 e. The van der Waals surface area contributed by atoms with Crippen molar-refractivity contribution in [3.05, 3.63) is 66.5 Å². The molecule has 35 heavy (non-hydrogen) atoms. The average Bonchev–Trinajstić information content (AvgIpc) is 2.90. The molecule has 1 aliphatic heterocycles. The van der Waals surface area contributed by atoms with Crippen LogP contribution in [0.15, 0.2) is 60.9 Å². The number of piperidine rings is 1. The lowest BCUT2D eigenvalue weighted by Gasteiger charge is -2.32. The zero-order valence-electron chi connectivity index (χ0n) is 21.2. The van der Waals surface area contributed by atoms with Gasteiger partial charge in [0.25, 0.3) is 0 Å². The summed E-state index contributed by atoms with van der Waals surface area (Å²) in [5.74, 6) is 2.41. The van der Waals surface area contributed by atoms with Crippen molar-refractivity contribution in [1.82, 2.24) is 14.9 Å². The molecule has 0 bridgehead atoms. The fourth-order valence-corrected chi connectivity index (χ4v) is 4.51. The lowest BCUT2D eigenvalue weighted by atomic mass is 10.0. The molecule has 4 rings (SSSR count). The van der Waals surface area contributed by atoms with E-state index < -0.39 is 0 Å². The van der Waals surface area contributed by atoms with Gasteiger partial charge in [-0.2, -0.15) is 0 Å². The number of nitrogens with zero attached hydrogens (tertiary/aromatic N) is 3. The first-order valence-electron chi connectivity index (χ1n) is 13.0. The Morgan fingerprint density at radius 2 is 1.63 bits per heavy atom. The Labute approximate surface area is 209 Å². The van der Waals surface area contributed by atoms with E-state index in [1.807, 2.05) is 37.5 Å². The second-order valence-corrected chi connectivity index (χ2v) is 9.13. The molecule has 6 nitrogen and oxygen atoms in total. The van der Waals surface area contributed by atoms with E-state index in [1.54, 1.807) is 0 Å². The van der Waals surface area contributed by atoms with Gasteiger partial charge < -0.3 is 14.8 Å². The van der Waals surface area contributed by atoms with E-state index in [0.29, 0.717) is 18.6 Å². The highest BCUT2D eigenvalue weighted by atomic mass is 16.5. The highest BCUT2D eigenvalue weighted by Gasteiger charge is 2.20. The number of hydrogen-bond acceptors (Lipinski definition) is 6. The van der Waals surface area contributed by atoms with Crippen molar-refractivity contribution >= 4 is 5.95 Å². The molecule has 1 aromatic heterocycles. The van der Waals surface area contributed by atoms with Gasteiger partial charge in [-0.1, -0.05) is 50.2 Å². The summed E-state index contributed by atoms with van der Waals surface area (Å²) < 4.78 is 12.1. The fraction of sp³-hybridized carbons (Fsp3) is 0.448. The lowest BCUT2D eigenvalue weighted by Crippen LogP contribution is -2.38. The van der Waals surface area contributed by atoms with Crippen LogP contribution in [0.4, 0.5) is 5.95 Å². The van der Waals surface area contributed by atoms with Crippen LogP contribution in [-0.4, -0.2) is 46.7 Å². The number of rotatable bonds is 11. The van der Waals surface area contributed by atoms with Gasteiger partial charge in [-0.25, -0.2) is 9.97 Å². The van der Waals surface area contributed by atoms with Crippen LogP contribution in [0.5, 0.6) is 11.5 Å². The average molecular weight is 475 g/mol. The van der Waals surface area contributed by atoms with E-state index in [-0.39, 0.29) is 6.10 Å². The Balaban J connectivity index is 1.29. The van der Waals surface area contributed by atoms with Crippen molar-refractivity contribution < 1.29 is 9.47 Å². The van der Waals surface area contributed by atoms with E-state index in [1.165, 1.54) is 5.56 Å². The molecule has 0 amide bonds. The van der Waals surface area contributed by atoms with Crippen molar-refractivity contribution in [2.24, 2.45) is 0 Å². The summed E-state index contributed by atoms with van der Waals surface area (Å²) in [6.07, 6.45) is 8.14. The molecule has 0 atom stereocenters. The quantitative estimate of drug-likeness (QED) is 0.358. The minimum absolute atomic E-state index is 0.227. The number of benzene rings is 2. The first-order valence-corrected chi connectivity index (χ1v) is 13.0. The number of nitrogens with one attached hydrogen (secondary N) is 1. The first-order chi connectivity index (χ1) is 17.2. The Morgan fingerprint density at radius 1 is 0.914 bits per heavy atom. The molecule has 0 saturated carbocycles. The van der Waals surface area contributed by atoms with Gasteiger partial charge in [0.1, 0.15) is 0 Å². The second-order valence-electron chi connectivity index (χ2n) is 9.13. The monoisotopic (exact) mass is 474 g/mol. The summed E-state index contributed by atoms with van der Waals surface area (Å²) >= 11 is 0. The van der Waals surface area contributed by atoms with Gasteiger partial charge in [-0.15, -0.1) is 0 Å². The predicted molar refractivity (Wildman–Crippen MR) is 142 cm³/mol. The first kappa shape index (κ1) is 25.0. The van der Waals surface area contributed by atoms with Crippen LogP contribution in [0.1, 0.15) is 52.0 Å². The van der Waals surface area contributed by atoms with Crippen LogP contribution in [0, 0.1) is 0 Å². The van der Waals surface area contributed by atoms with Crippen molar-refractivity contribution in [2.45, 2.75) is 65.1 Å². The third kappa shape index (κ3) is 6.95. The zero-order chi connectivity index (χ0) is 24.5. The van der Waals surface area contributed by atoms with Gasteiger partial charge in [0.15, 0.2) is 11.5 Å². The Hall–Kier alpha value is -3.12. The van der Waals surface area contributed by atoms with Crippen molar-refractivity contribution in [2.75, 3.05) is 25.0 Å². The maximum absolute atomic E-state index is 6.19. The number of anilines is 1. The van der Waals surface area contributed by atoms with Crippen molar-refractivity contribution in [1.29, 1.82) is 0 Å². The Kier molecular flexibility index (Phi) is 8.96. The molecule has 0 radical (unpaired) electrons. The molecular formula is C29H38N4O2. The third-order valence-electron chi connectivity index (χ3n) is 6.60. The standard InChI is InChI=1S/C29H38N4O2/c1-4-26(5-2)35-27-13-12-22(18-28(27)34-6-3)21-33-16-14-25(15-17-33)32-29-30-19-24(20-31-29)23-10-8-7-9-11-23/h7-13,18-20,25-26H,4-6,14-17,21H2,1-3H3,(H,30,31,32). The van der Waals surface area contributed by atoms with Gasteiger partial charge in [0.2, 0.25) is 5.95 Å². The minimum atomic E-state index is 0.227. The van der Waals surface area contributed by atoms with Crippen LogP contribution in [0.3, 0.4) is 0 Å². The van der Waals surface area contributed by atoms with Crippen molar-refractivity contribution in [3.8, 4) is 22.6 Å². The van der Waals surface area contributed by atoms with Crippen LogP contribution >= 0.6 is 0 Å². The topological polar surface area (TPSA) is 59.5 Å². The normalized spacial score (nSPS) is 14.7. The highest BCUT2D eigenvalue weighted by Crippen LogP contribution is 2.31. The molecule has 1 fully saturated rings. The molecule has 6 heteroatoms. The van der Waals surface area contributed by atoms with Gasteiger partial charge in [-0.05, 0) is 55.9 Å². The van der Waals surface area contributed by atoms with E-state index in [2.05, 4.69) is 64.4 Å². The highest BCUT2D eigenvalue weighted by molar-refractivity contribution is 5.61. The van der Waals surface area contributed by atoms with Gasteiger partial charge in [0.05, 0.1) is 12.7 Å². The summed E-state index contributed by atoms with van der Waals surface area (Å²) in [7, 11) is 0. The van der Waals surface area contributed by atoms with E-state index in [0.717, 1.165) is 67.9 Å². The molecule has 3 aromatic rings. The summed E-state index contributed by atoms with van der Waals surface area (Å²) in [5.41, 5.74) is 3.43. The van der Waals surface area contributed by atoms with E-state index in [4.69, 9.17) is 9.47 Å². The molecular weight excluding hydrogens is 436 g/mol. The zero-order valence-corrected chi connectivity index (χ0v) is 21.2. The molecule has 186 valence electrons. The van der Waals surface area contributed by atoms with Crippen LogP contribution < -0.4 is 14.8 Å². The Morgan fingerprint density at radius 3 is 2.29 bits per heavy atom. The second kappa shape index (κ2) is 12.5. The SMILES string of the molecule is CCOc1cc(CN2CCC(Nc3ncc(-c4ccccc4)cn3)CC2)ccc1OC(CC)CC. The minimum Gasteiger partial charge on any atom is -0.490 e. The van der Waals surface area contributed by atoms with Crippen LogP contribution in [-0.2, 0) is 6.54 Å².